The molecule has 0 heterocycles. The first-order valence-corrected chi connectivity index (χ1v) is 8.25. The number of hydrogen-bond acceptors (Lipinski definition) is 2. The molecule has 0 aliphatic carbocycles. The highest BCUT2D eigenvalue weighted by atomic mass is 16.2. The molecule has 0 aromatic heterocycles. The molecule has 1 rings (SSSR count). The minimum Gasteiger partial charge on any atom is -0.399 e. The van der Waals surface area contributed by atoms with E-state index in [0.717, 1.165) is 37.1 Å². The SMILES string of the molecule is CCCCCN(CCCCC)C(=O)c1cc(C)cc(N)c1. The van der Waals surface area contributed by atoms with Gasteiger partial charge in [0.25, 0.3) is 5.91 Å². The van der Waals surface area contributed by atoms with Gasteiger partial charge in [-0.1, -0.05) is 39.5 Å². The van der Waals surface area contributed by atoms with Gasteiger partial charge in [-0.05, 0) is 43.5 Å². The van der Waals surface area contributed by atoms with E-state index in [1.54, 1.807) is 6.07 Å². The van der Waals surface area contributed by atoms with Gasteiger partial charge in [0.05, 0.1) is 0 Å². The van der Waals surface area contributed by atoms with Gasteiger partial charge in [0.2, 0.25) is 0 Å². The van der Waals surface area contributed by atoms with Gasteiger partial charge in [0.15, 0.2) is 0 Å². The smallest absolute Gasteiger partial charge is 0.253 e. The van der Waals surface area contributed by atoms with Crippen molar-refractivity contribution in [1.29, 1.82) is 0 Å². The van der Waals surface area contributed by atoms with E-state index in [9.17, 15) is 4.79 Å². The summed E-state index contributed by atoms with van der Waals surface area (Å²) in [5.41, 5.74) is 8.30. The summed E-state index contributed by atoms with van der Waals surface area (Å²) < 4.78 is 0. The normalized spacial score (nSPS) is 10.6. The number of nitrogens with zero attached hydrogens (tertiary/aromatic N) is 1. The van der Waals surface area contributed by atoms with E-state index in [0.29, 0.717) is 5.69 Å². The molecule has 118 valence electrons. The standard InChI is InChI=1S/C18H30N2O/c1-4-6-8-10-20(11-9-7-5-2)18(21)16-12-15(3)13-17(19)14-16/h12-14H,4-11,19H2,1-3H3. The summed E-state index contributed by atoms with van der Waals surface area (Å²) in [6, 6.07) is 5.63. The molecule has 0 bridgehead atoms. The number of aryl methyl sites for hydroxylation is 1. The summed E-state index contributed by atoms with van der Waals surface area (Å²) in [6.07, 6.45) is 6.86. The van der Waals surface area contributed by atoms with Crippen LogP contribution < -0.4 is 5.73 Å². The molecule has 0 saturated heterocycles. The molecular formula is C18H30N2O. The van der Waals surface area contributed by atoms with Crippen molar-refractivity contribution in [2.45, 2.75) is 59.3 Å². The van der Waals surface area contributed by atoms with Crippen LogP contribution in [0, 0.1) is 6.92 Å². The van der Waals surface area contributed by atoms with Crippen molar-refractivity contribution in [2.75, 3.05) is 18.8 Å². The summed E-state index contributed by atoms with van der Waals surface area (Å²) in [6.45, 7) is 8.05. The lowest BCUT2D eigenvalue weighted by Crippen LogP contribution is -2.33. The van der Waals surface area contributed by atoms with Crippen LogP contribution in [-0.2, 0) is 0 Å². The molecule has 0 fully saturated rings. The molecule has 1 aromatic rings. The number of nitrogen functional groups attached to an aromatic ring is 1. The highest BCUT2D eigenvalue weighted by Gasteiger charge is 2.15. The van der Waals surface area contributed by atoms with Gasteiger partial charge in [0, 0.05) is 24.3 Å². The van der Waals surface area contributed by atoms with Crippen LogP contribution in [0.4, 0.5) is 5.69 Å². The van der Waals surface area contributed by atoms with Crippen molar-refractivity contribution in [3.05, 3.63) is 29.3 Å². The van der Waals surface area contributed by atoms with E-state index in [-0.39, 0.29) is 5.91 Å². The number of rotatable bonds is 9. The molecule has 1 aromatic carbocycles. The van der Waals surface area contributed by atoms with Crippen molar-refractivity contribution in [3.8, 4) is 0 Å². The van der Waals surface area contributed by atoms with E-state index in [4.69, 9.17) is 5.73 Å². The van der Waals surface area contributed by atoms with Gasteiger partial charge < -0.3 is 10.6 Å². The first-order chi connectivity index (χ1) is 10.1. The molecule has 0 aliphatic rings. The average molecular weight is 290 g/mol. The van der Waals surface area contributed by atoms with Gasteiger partial charge in [0.1, 0.15) is 0 Å². The van der Waals surface area contributed by atoms with Gasteiger partial charge in [-0.25, -0.2) is 0 Å². The number of nitrogens with two attached hydrogens (primary N) is 1. The van der Waals surface area contributed by atoms with E-state index in [1.807, 2.05) is 24.0 Å². The maximum Gasteiger partial charge on any atom is 0.253 e. The molecule has 0 aliphatic heterocycles. The molecular weight excluding hydrogens is 260 g/mol. The van der Waals surface area contributed by atoms with E-state index in [1.165, 1.54) is 25.7 Å². The van der Waals surface area contributed by atoms with Crippen LogP contribution in [0.5, 0.6) is 0 Å². The predicted octanol–water partition coefficient (Wildman–Crippen LogP) is 4.40. The van der Waals surface area contributed by atoms with Crippen LogP contribution in [0.3, 0.4) is 0 Å². The molecule has 3 nitrogen and oxygen atoms in total. The Kier molecular flexibility index (Phi) is 7.88. The quantitative estimate of drug-likeness (QED) is 0.541. The van der Waals surface area contributed by atoms with Crippen LogP contribution in [0.25, 0.3) is 0 Å². The molecule has 21 heavy (non-hydrogen) atoms. The van der Waals surface area contributed by atoms with Crippen molar-refractivity contribution in [1.82, 2.24) is 4.90 Å². The summed E-state index contributed by atoms with van der Waals surface area (Å²) in [4.78, 5) is 14.7. The number of anilines is 1. The monoisotopic (exact) mass is 290 g/mol. The fraction of sp³-hybridized carbons (Fsp3) is 0.611. The Bertz CT molecular complexity index is 413. The number of hydrogen-bond donors (Lipinski definition) is 1. The number of carbonyl (C=O) groups excluding carboxylic acids is 1. The summed E-state index contributed by atoms with van der Waals surface area (Å²) in [5, 5.41) is 0. The van der Waals surface area contributed by atoms with E-state index >= 15 is 0 Å². The molecule has 0 saturated carbocycles. The molecule has 0 radical (unpaired) electrons. The zero-order chi connectivity index (χ0) is 15.7. The van der Waals surface area contributed by atoms with Crippen LogP contribution in [0.2, 0.25) is 0 Å². The van der Waals surface area contributed by atoms with Crippen molar-refractivity contribution in [2.24, 2.45) is 0 Å². The summed E-state index contributed by atoms with van der Waals surface area (Å²) in [5.74, 6) is 0.123. The van der Waals surface area contributed by atoms with Crippen LogP contribution in [0.15, 0.2) is 18.2 Å². The fourth-order valence-corrected chi connectivity index (χ4v) is 2.54. The fourth-order valence-electron chi connectivity index (χ4n) is 2.54. The average Bonchev–Trinajstić information content (AvgIpc) is 2.44. The third-order valence-electron chi connectivity index (χ3n) is 3.70. The Morgan fingerprint density at radius 1 is 1.00 bits per heavy atom. The second kappa shape index (κ2) is 9.43. The molecule has 0 unspecified atom stereocenters. The van der Waals surface area contributed by atoms with E-state index in [2.05, 4.69) is 13.8 Å². The Morgan fingerprint density at radius 2 is 1.57 bits per heavy atom. The largest absolute Gasteiger partial charge is 0.399 e. The predicted molar refractivity (Wildman–Crippen MR) is 90.5 cm³/mol. The van der Waals surface area contributed by atoms with Crippen molar-refractivity contribution in [3.63, 3.8) is 0 Å². The number of unbranched alkanes of at least 4 members (excludes halogenated alkanes) is 4. The number of amides is 1. The van der Waals surface area contributed by atoms with Crippen molar-refractivity contribution < 1.29 is 4.79 Å². The van der Waals surface area contributed by atoms with Crippen LogP contribution in [-0.4, -0.2) is 23.9 Å². The molecule has 2 N–H and O–H groups in total. The van der Waals surface area contributed by atoms with Crippen LogP contribution >= 0.6 is 0 Å². The summed E-state index contributed by atoms with van der Waals surface area (Å²) >= 11 is 0. The minimum absolute atomic E-state index is 0.123. The third kappa shape index (κ3) is 6.19. The van der Waals surface area contributed by atoms with Gasteiger partial charge in [-0.2, -0.15) is 0 Å². The summed E-state index contributed by atoms with van der Waals surface area (Å²) in [7, 11) is 0. The zero-order valence-corrected chi connectivity index (χ0v) is 13.8. The zero-order valence-electron chi connectivity index (χ0n) is 13.8. The topological polar surface area (TPSA) is 46.3 Å². The van der Waals surface area contributed by atoms with Gasteiger partial charge in [-0.15, -0.1) is 0 Å². The lowest BCUT2D eigenvalue weighted by Gasteiger charge is -2.23. The Morgan fingerprint density at radius 3 is 2.05 bits per heavy atom. The molecule has 0 atom stereocenters. The van der Waals surface area contributed by atoms with Gasteiger partial charge in [-0.3, -0.25) is 4.79 Å². The molecule has 3 heteroatoms. The highest BCUT2D eigenvalue weighted by Crippen LogP contribution is 2.15. The second-order valence-corrected chi connectivity index (χ2v) is 5.84. The molecule has 1 amide bonds. The Balaban J connectivity index is 2.76. The molecule has 0 spiro atoms. The number of benzene rings is 1. The first-order valence-electron chi connectivity index (χ1n) is 8.25. The third-order valence-corrected chi connectivity index (χ3v) is 3.70. The Labute approximate surface area is 129 Å². The van der Waals surface area contributed by atoms with Crippen LogP contribution in [0.1, 0.15) is 68.3 Å². The lowest BCUT2D eigenvalue weighted by molar-refractivity contribution is 0.0749. The highest BCUT2D eigenvalue weighted by molar-refractivity contribution is 5.95. The maximum atomic E-state index is 12.7. The minimum atomic E-state index is 0.123. The van der Waals surface area contributed by atoms with E-state index < -0.39 is 0 Å². The van der Waals surface area contributed by atoms with Crippen molar-refractivity contribution >= 4 is 11.6 Å². The Hall–Kier alpha value is -1.51. The number of carbonyl (C=O) groups is 1. The van der Waals surface area contributed by atoms with Gasteiger partial charge >= 0.3 is 0 Å². The second-order valence-electron chi connectivity index (χ2n) is 5.84. The lowest BCUT2D eigenvalue weighted by atomic mass is 10.1. The first kappa shape index (κ1) is 17.5. The maximum absolute atomic E-state index is 12.7.